The highest BCUT2D eigenvalue weighted by Crippen LogP contribution is 2.21. The van der Waals surface area contributed by atoms with Crippen molar-refractivity contribution in [2.75, 3.05) is 10.6 Å². The molecule has 2 amide bonds. The summed E-state index contributed by atoms with van der Waals surface area (Å²) in [5.74, 6) is 1.60. The van der Waals surface area contributed by atoms with Crippen LogP contribution < -0.4 is 15.4 Å². The molecule has 0 saturated carbocycles. The average molecular weight is 386 g/mol. The number of carbonyl (C=O) groups excluding carboxylic acids is 1. The van der Waals surface area contributed by atoms with Crippen molar-refractivity contribution in [2.24, 2.45) is 0 Å². The second kappa shape index (κ2) is 8.22. The van der Waals surface area contributed by atoms with Gasteiger partial charge in [0.15, 0.2) is 5.82 Å². The Morgan fingerprint density at radius 1 is 0.897 bits per heavy atom. The first-order valence-electron chi connectivity index (χ1n) is 8.90. The number of aryl methyl sites for hydroxylation is 1. The third-order valence-electron chi connectivity index (χ3n) is 4.04. The normalized spacial score (nSPS) is 10.4. The number of hydrogen-bond donors (Lipinski definition) is 2. The molecule has 0 spiro atoms. The van der Waals surface area contributed by atoms with E-state index in [1.165, 1.54) is 0 Å². The summed E-state index contributed by atoms with van der Waals surface area (Å²) in [5, 5.41) is 13.7. The van der Waals surface area contributed by atoms with Crippen LogP contribution >= 0.6 is 0 Å². The lowest BCUT2D eigenvalue weighted by molar-refractivity contribution is 0.262. The van der Waals surface area contributed by atoms with E-state index in [9.17, 15) is 4.79 Å². The summed E-state index contributed by atoms with van der Waals surface area (Å²) in [4.78, 5) is 16.1. The molecule has 0 atom stereocenters. The van der Waals surface area contributed by atoms with Gasteiger partial charge in [-0.2, -0.15) is 0 Å². The maximum Gasteiger partial charge on any atom is 0.323 e. The fraction of sp³-hybridized carbons (Fsp3) is 0.0476. The smallest absolute Gasteiger partial charge is 0.323 e. The van der Waals surface area contributed by atoms with E-state index in [0.717, 1.165) is 11.3 Å². The zero-order valence-electron chi connectivity index (χ0n) is 15.6. The molecule has 0 fully saturated rings. The van der Waals surface area contributed by atoms with Crippen molar-refractivity contribution in [3.63, 3.8) is 0 Å². The molecule has 8 nitrogen and oxygen atoms in total. The van der Waals surface area contributed by atoms with Crippen molar-refractivity contribution < 1.29 is 9.53 Å². The van der Waals surface area contributed by atoms with Gasteiger partial charge in [-0.3, -0.25) is 4.57 Å². The van der Waals surface area contributed by atoms with Gasteiger partial charge in [-0.1, -0.05) is 17.7 Å². The van der Waals surface area contributed by atoms with E-state index in [1.807, 2.05) is 31.2 Å². The van der Waals surface area contributed by atoms with Gasteiger partial charge >= 0.3 is 6.03 Å². The van der Waals surface area contributed by atoms with Crippen molar-refractivity contribution in [1.82, 2.24) is 19.7 Å². The van der Waals surface area contributed by atoms with Crippen LogP contribution in [0.1, 0.15) is 5.56 Å². The topological polar surface area (TPSA) is 94.0 Å². The SMILES string of the molecule is Cc1ccc(NC(=O)Nc2ccc(Oc3ccc(-n4ccnc4)nn3)cc2)cc1. The molecule has 144 valence electrons. The van der Waals surface area contributed by atoms with Crippen molar-refractivity contribution in [1.29, 1.82) is 0 Å². The Morgan fingerprint density at radius 2 is 1.59 bits per heavy atom. The van der Waals surface area contributed by atoms with Crippen LogP contribution in [0.4, 0.5) is 16.2 Å². The molecule has 0 radical (unpaired) electrons. The molecular weight excluding hydrogens is 368 g/mol. The lowest BCUT2D eigenvalue weighted by Crippen LogP contribution is -2.19. The molecule has 0 unspecified atom stereocenters. The number of nitrogens with zero attached hydrogens (tertiary/aromatic N) is 4. The fourth-order valence-electron chi connectivity index (χ4n) is 2.56. The van der Waals surface area contributed by atoms with Crippen LogP contribution in [-0.4, -0.2) is 25.8 Å². The number of aromatic nitrogens is 4. The van der Waals surface area contributed by atoms with Crippen LogP contribution in [-0.2, 0) is 0 Å². The van der Waals surface area contributed by atoms with E-state index in [0.29, 0.717) is 23.1 Å². The summed E-state index contributed by atoms with van der Waals surface area (Å²) >= 11 is 0. The maximum absolute atomic E-state index is 12.1. The van der Waals surface area contributed by atoms with Crippen LogP contribution in [0.3, 0.4) is 0 Å². The molecular formula is C21H18N6O2. The van der Waals surface area contributed by atoms with Gasteiger partial charge in [0.1, 0.15) is 12.1 Å². The third-order valence-corrected chi connectivity index (χ3v) is 4.04. The summed E-state index contributed by atoms with van der Waals surface area (Å²) < 4.78 is 7.44. The Balaban J connectivity index is 1.34. The largest absolute Gasteiger partial charge is 0.438 e. The van der Waals surface area contributed by atoms with Crippen LogP contribution in [0.25, 0.3) is 5.82 Å². The van der Waals surface area contributed by atoms with E-state index >= 15 is 0 Å². The molecule has 4 rings (SSSR count). The zero-order valence-corrected chi connectivity index (χ0v) is 15.6. The molecule has 0 saturated heterocycles. The predicted octanol–water partition coefficient (Wildman–Crippen LogP) is 4.41. The summed E-state index contributed by atoms with van der Waals surface area (Å²) in [6, 6.07) is 17.8. The van der Waals surface area contributed by atoms with Gasteiger partial charge in [-0.05, 0) is 49.4 Å². The number of ether oxygens (including phenoxy) is 1. The lowest BCUT2D eigenvalue weighted by Gasteiger charge is -2.09. The van der Waals surface area contributed by atoms with Crippen molar-refractivity contribution in [2.45, 2.75) is 6.92 Å². The molecule has 0 bridgehead atoms. The second-order valence-electron chi connectivity index (χ2n) is 6.27. The standard InChI is InChI=1S/C21H18N6O2/c1-15-2-4-16(5-3-15)23-21(28)24-17-6-8-18(9-7-17)29-20-11-10-19(25-26-20)27-13-12-22-14-27/h2-14H,1H3,(H2,23,24,28). The minimum absolute atomic E-state index is 0.316. The van der Waals surface area contributed by atoms with Gasteiger partial charge in [0.2, 0.25) is 5.88 Å². The van der Waals surface area contributed by atoms with E-state index in [1.54, 1.807) is 59.7 Å². The van der Waals surface area contributed by atoms with E-state index in [-0.39, 0.29) is 6.03 Å². The van der Waals surface area contributed by atoms with Crippen LogP contribution in [0.5, 0.6) is 11.6 Å². The Bertz CT molecular complexity index is 1080. The average Bonchev–Trinajstić information content (AvgIpc) is 3.27. The van der Waals surface area contributed by atoms with Gasteiger partial charge in [0.05, 0.1) is 0 Å². The number of benzene rings is 2. The molecule has 0 aliphatic carbocycles. The van der Waals surface area contributed by atoms with Crippen molar-refractivity contribution in [3.05, 3.63) is 84.9 Å². The number of carbonyl (C=O) groups is 1. The van der Waals surface area contributed by atoms with Gasteiger partial charge < -0.3 is 15.4 Å². The Hall–Kier alpha value is -4.20. The Labute approximate surface area is 167 Å². The summed E-state index contributed by atoms with van der Waals surface area (Å²) in [6.45, 7) is 1.99. The van der Waals surface area contributed by atoms with Gasteiger partial charge in [0.25, 0.3) is 0 Å². The van der Waals surface area contributed by atoms with Crippen LogP contribution in [0.2, 0.25) is 0 Å². The minimum atomic E-state index is -0.316. The summed E-state index contributed by atoms with van der Waals surface area (Å²) in [6.07, 6.45) is 5.10. The highest BCUT2D eigenvalue weighted by atomic mass is 16.5. The molecule has 8 heteroatoms. The van der Waals surface area contributed by atoms with Gasteiger partial charge in [-0.15, -0.1) is 10.2 Å². The molecule has 2 aromatic heterocycles. The van der Waals surface area contributed by atoms with Crippen molar-refractivity contribution in [3.8, 4) is 17.4 Å². The first-order chi connectivity index (χ1) is 14.2. The molecule has 2 N–H and O–H groups in total. The van der Waals surface area contributed by atoms with Gasteiger partial charge in [-0.25, -0.2) is 9.78 Å². The Morgan fingerprint density at radius 3 is 2.17 bits per heavy atom. The minimum Gasteiger partial charge on any atom is -0.438 e. The maximum atomic E-state index is 12.1. The van der Waals surface area contributed by atoms with Gasteiger partial charge in [0, 0.05) is 29.8 Å². The Kier molecular flexibility index (Phi) is 5.15. The number of amides is 2. The van der Waals surface area contributed by atoms with E-state index in [4.69, 9.17) is 4.74 Å². The highest BCUT2D eigenvalue weighted by Gasteiger charge is 2.05. The lowest BCUT2D eigenvalue weighted by atomic mass is 10.2. The number of imidazole rings is 1. The first-order valence-corrected chi connectivity index (χ1v) is 8.90. The second-order valence-corrected chi connectivity index (χ2v) is 6.27. The molecule has 2 heterocycles. The fourth-order valence-corrected chi connectivity index (χ4v) is 2.56. The number of hydrogen-bond acceptors (Lipinski definition) is 5. The number of rotatable bonds is 5. The van der Waals surface area contributed by atoms with Crippen LogP contribution in [0, 0.1) is 6.92 Å². The van der Waals surface area contributed by atoms with Crippen LogP contribution in [0.15, 0.2) is 79.4 Å². The third kappa shape index (κ3) is 4.75. The zero-order chi connectivity index (χ0) is 20.1. The van der Waals surface area contributed by atoms with E-state index < -0.39 is 0 Å². The predicted molar refractivity (Wildman–Crippen MR) is 109 cm³/mol. The monoisotopic (exact) mass is 386 g/mol. The highest BCUT2D eigenvalue weighted by molar-refractivity contribution is 5.99. The number of anilines is 2. The molecule has 29 heavy (non-hydrogen) atoms. The van der Waals surface area contributed by atoms with E-state index in [2.05, 4.69) is 25.8 Å². The van der Waals surface area contributed by atoms with Crippen molar-refractivity contribution >= 4 is 17.4 Å². The molecule has 0 aliphatic rings. The molecule has 4 aromatic rings. The summed E-state index contributed by atoms with van der Waals surface area (Å²) in [7, 11) is 0. The summed E-state index contributed by atoms with van der Waals surface area (Å²) in [5.41, 5.74) is 2.50. The number of urea groups is 1. The number of nitrogens with one attached hydrogen (secondary N) is 2. The molecule has 2 aromatic carbocycles. The molecule has 0 aliphatic heterocycles. The quantitative estimate of drug-likeness (QED) is 0.530. The first kappa shape index (κ1) is 18.2.